The van der Waals surface area contributed by atoms with Crippen LogP contribution in [0.2, 0.25) is 0 Å². The molecule has 3 atom stereocenters. The van der Waals surface area contributed by atoms with Gasteiger partial charge >= 0.3 is 6.01 Å². The molecule has 2 aromatic heterocycles. The van der Waals surface area contributed by atoms with Gasteiger partial charge in [0.2, 0.25) is 5.88 Å². The highest BCUT2D eigenvalue weighted by Gasteiger charge is 2.52. The SMILES string of the molecule is C#Cc1c(F)ccc2cc(O)cc(-c3nc(OC)c4c(N5CCCOCC5)nc(OC[C@]56CCC[C@H]5N(C5CCC7(CCOCC7)C5)CCC6)nc4c3F)c12. The monoisotopic (exact) mass is 753 g/mol. The fourth-order valence-corrected chi connectivity index (χ4v) is 10.7. The summed E-state index contributed by atoms with van der Waals surface area (Å²) in [5.74, 6) is 1.38. The summed E-state index contributed by atoms with van der Waals surface area (Å²) in [6, 6.07) is 6.61. The second-order valence-corrected chi connectivity index (χ2v) is 16.4. The zero-order chi connectivity index (χ0) is 37.7. The molecule has 9 rings (SSSR count). The molecule has 5 aliphatic rings. The summed E-state index contributed by atoms with van der Waals surface area (Å²) in [5.41, 5.74) is 0.215. The number of terminal acetylenes is 1. The van der Waals surface area contributed by atoms with Crippen molar-refractivity contribution in [3.63, 3.8) is 0 Å². The number of hydrogen-bond acceptors (Lipinski definition) is 10. The van der Waals surface area contributed by atoms with Crippen molar-refractivity contribution in [2.45, 2.75) is 82.7 Å². The standard InChI is InChI=1S/C43H49F2N5O5/c1-3-30-32(44)9-8-27-23-29(51)24-31(34(27)30)37-36(45)38-35(40(46-37)52-2)39(49-16-6-19-53-22-18-49)48-41(47-38)55-26-43-11-4-7-33(43)50(17-5-12-43)28-10-13-42(25-28)14-20-54-21-15-42/h1,8-9,23-24,28,33,51H,4-7,10-22,25-26H2,2H3/t28?,33-,43-/m1/s1. The summed E-state index contributed by atoms with van der Waals surface area (Å²) in [4.78, 5) is 19.3. The number of phenols is 1. The van der Waals surface area contributed by atoms with E-state index in [1.54, 1.807) is 0 Å². The van der Waals surface area contributed by atoms with Crippen LogP contribution in [-0.4, -0.2) is 96.8 Å². The van der Waals surface area contributed by atoms with Crippen LogP contribution in [0.15, 0.2) is 24.3 Å². The van der Waals surface area contributed by atoms with E-state index in [1.807, 2.05) is 4.90 Å². The highest BCUT2D eigenvalue weighted by atomic mass is 19.1. The van der Waals surface area contributed by atoms with Gasteiger partial charge in [0.05, 0.1) is 25.9 Å². The predicted octanol–water partition coefficient (Wildman–Crippen LogP) is 7.41. The highest BCUT2D eigenvalue weighted by Crippen LogP contribution is 2.53. The Balaban J connectivity index is 1.12. The van der Waals surface area contributed by atoms with Crippen molar-refractivity contribution in [2.75, 3.05) is 64.7 Å². The minimum absolute atomic E-state index is 0.0411. The van der Waals surface area contributed by atoms with E-state index in [1.165, 1.54) is 63.5 Å². The first-order valence-corrected chi connectivity index (χ1v) is 20.0. The molecule has 3 saturated heterocycles. The number of hydrogen-bond donors (Lipinski definition) is 1. The fraction of sp³-hybridized carbons (Fsp3) is 0.558. The Kier molecular flexibility index (Phi) is 9.67. The summed E-state index contributed by atoms with van der Waals surface area (Å²) in [6.07, 6.45) is 18.2. The summed E-state index contributed by atoms with van der Waals surface area (Å²) >= 11 is 0. The van der Waals surface area contributed by atoms with Gasteiger partial charge in [-0.3, -0.25) is 4.90 Å². The number of nitrogens with zero attached hydrogens (tertiary/aromatic N) is 5. The maximum atomic E-state index is 17.3. The summed E-state index contributed by atoms with van der Waals surface area (Å²) in [6.45, 7) is 5.54. The third-order valence-electron chi connectivity index (χ3n) is 13.4. The molecule has 0 radical (unpaired) electrons. The number of likely N-dealkylation sites (tertiary alicyclic amines) is 1. The van der Waals surface area contributed by atoms with Crippen LogP contribution in [0.5, 0.6) is 17.6 Å². The zero-order valence-corrected chi connectivity index (χ0v) is 31.5. The topological polar surface area (TPSA) is 102 Å². The molecule has 4 aromatic rings. The number of piperidine rings is 1. The first kappa shape index (κ1) is 36.3. The van der Waals surface area contributed by atoms with Gasteiger partial charge < -0.3 is 29.0 Å². The van der Waals surface area contributed by atoms with Crippen molar-refractivity contribution in [3.05, 3.63) is 41.5 Å². The number of benzene rings is 2. The Morgan fingerprint density at radius 2 is 1.76 bits per heavy atom. The van der Waals surface area contributed by atoms with Crippen LogP contribution >= 0.6 is 0 Å². The lowest BCUT2D eigenvalue weighted by Crippen LogP contribution is -2.55. The van der Waals surface area contributed by atoms with Crippen LogP contribution in [-0.2, 0) is 9.47 Å². The second-order valence-electron chi connectivity index (χ2n) is 16.4. The van der Waals surface area contributed by atoms with Crippen LogP contribution in [0.4, 0.5) is 14.6 Å². The molecule has 2 aliphatic carbocycles. The lowest BCUT2D eigenvalue weighted by Gasteiger charge is -2.49. The predicted molar refractivity (Wildman–Crippen MR) is 206 cm³/mol. The van der Waals surface area contributed by atoms with Crippen LogP contribution in [0.3, 0.4) is 0 Å². The lowest BCUT2D eigenvalue weighted by atomic mass is 9.74. The number of pyridine rings is 1. The van der Waals surface area contributed by atoms with E-state index in [-0.39, 0.29) is 50.8 Å². The van der Waals surface area contributed by atoms with Crippen molar-refractivity contribution in [2.24, 2.45) is 10.8 Å². The van der Waals surface area contributed by atoms with Gasteiger partial charge in [-0.2, -0.15) is 9.97 Å². The van der Waals surface area contributed by atoms with Gasteiger partial charge in [0.25, 0.3) is 0 Å². The number of phenolic OH excluding ortho intramolecular Hbond substituents is 1. The minimum Gasteiger partial charge on any atom is -0.508 e. The molecule has 10 nitrogen and oxygen atoms in total. The Morgan fingerprint density at radius 1 is 0.927 bits per heavy atom. The summed E-state index contributed by atoms with van der Waals surface area (Å²) < 4.78 is 56.4. The quantitative estimate of drug-likeness (QED) is 0.192. The smallest absolute Gasteiger partial charge is 0.319 e. The number of ether oxygens (including phenoxy) is 4. The number of fused-ring (bicyclic) bond motifs is 3. The third-order valence-corrected chi connectivity index (χ3v) is 13.4. The molecule has 2 aromatic carbocycles. The van der Waals surface area contributed by atoms with E-state index in [0.29, 0.717) is 67.0 Å². The molecule has 2 saturated carbocycles. The fourth-order valence-electron chi connectivity index (χ4n) is 10.7. The van der Waals surface area contributed by atoms with E-state index in [2.05, 4.69) is 15.8 Å². The molecule has 55 heavy (non-hydrogen) atoms. The molecular formula is C43H49F2N5O5. The van der Waals surface area contributed by atoms with Crippen LogP contribution < -0.4 is 14.4 Å². The highest BCUT2D eigenvalue weighted by molar-refractivity contribution is 6.04. The van der Waals surface area contributed by atoms with Gasteiger partial charge in [0.15, 0.2) is 5.82 Å². The zero-order valence-electron chi connectivity index (χ0n) is 31.5. The van der Waals surface area contributed by atoms with Gasteiger partial charge in [-0.15, -0.1) is 6.42 Å². The Hall–Kier alpha value is -4.31. The van der Waals surface area contributed by atoms with E-state index in [4.69, 9.17) is 35.3 Å². The molecule has 0 amide bonds. The molecule has 5 fully saturated rings. The molecule has 0 bridgehead atoms. The van der Waals surface area contributed by atoms with Crippen LogP contribution in [0.1, 0.15) is 76.2 Å². The van der Waals surface area contributed by atoms with Gasteiger partial charge in [-0.25, -0.2) is 13.8 Å². The van der Waals surface area contributed by atoms with Crippen LogP contribution in [0.25, 0.3) is 32.9 Å². The average molecular weight is 754 g/mol. The summed E-state index contributed by atoms with van der Waals surface area (Å²) in [7, 11) is 1.46. The molecule has 1 spiro atoms. The molecule has 12 heteroatoms. The number of aromatic nitrogens is 3. The van der Waals surface area contributed by atoms with Crippen molar-refractivity contribution in [3.8, 4) is 41.2 Å². The van der Waals surface area contributed by atoms with Gasteiger partial charge in [-0.05, 0) is 99.8 Å². The number of anilines is 1. The first-order valence-electron chi connectivity index (χ1n) is 20.0. The van der Waals surface area contributed by atoms with Crippen molar-refractivity contribution in [1.29, 1.82) is 0 Å². The van der Waals surface area contributed by atoms with E-state index in [0.717, 1.165) is 58.3 Å². The normalized spacial score (nSPS) is 25.6. The number of halogens is 2. The molecular weight excluding hydrogens is 704 g/mol. The largest absolute Gasteiger partial charge is 0.508 e. The number of rotatable bonds is 7. The van der Waals surface area contributed by atoms with E-state index >= 15 is 8.78 Å². The van der Waals surface area contributed by atoms with E-state index < -0.39 is 11.6 Å². The number of aromatic hydroxyl groups is 1. The summed E-state index contributed by atoms with van der Waals surface area (Å²) in [5, 5.41) is 11.7. The molecule has 290 valence electrons. The maximum absolute atomic E-state index is 17.3. The Labute approximate surface area is 320 Å². The van der Waals surface area contributed by atoms with Gasteiger partial charge in [-0.1, -0.05) is 18.4 Å². The Morgan fingerprint density at radius 3 is 2.60 bits per heavy atom. The molecule has 5 heterocycles. The maximum Gasteiger partial charge on any atom is 0.319 e. The molecule has 1 N–H and O–H groups in total. The minimum atomic E-state index is -0.779. The second kappa shape index (κ2) is 14.6. The Bertz CT molecular complexity index is 2150. The molecule has 3 aliphatic heterocycles. The third kappa shape index (κ3) is 6.42. The van der Waals surface area contributed by atoms with Gasteiger partial charge in [0, 0.05) is 61.4 Å². The molecule has 1 unspecified atom stereocenters. The van der Waals surface area contributed by atoms with Crippen molar-refractivity contribution < 1.29 is 32.8 Å². The van der Waals surface area contributed by atoms with Crippen molar-refractivity contribution >= 4 is 27.5 Å². The van der Waals surface area contributed by atoms with E-state index in [9.17, 15) is 5.11 Å². The van der Waals surface area contributed by atoms with Crippen molar-refractivity contribution in [1.82, 2.24) is 19.9 Å². The van der Waals surface area contributed by atoms with Crippen LogP contribution in [0, 0.1) is 34.8 Å². The average Bonchev–Trinajstić information content (AvgIpc) is 3.71. The van der Waals surface area contributed by atoms with Gasteiger partial charge in [0.1, 0.15) is 34.0 Å². The first-order chi connectivity index (χ1) is 26.8. The number of methoxy groups -OCH3 is 1. The lowest BCUT2D eigenvalue weighted by molar-refractivity contribution is -0.0296.